The van der Waals surface area contributed by atoms with Gasteiger partial charge < -0.3 is 10.3 Å². The van der Waals surface area contributed by atoms with Crippen molar-refractivity contribution in [3.63, 3.8) is 0 Å². The Bertz CT molecular complexity index is 649. The van der Waals surface area contributed by atoms with Gasteiger partial charge in [0, 0.05) is 6.54 Å². The highest BCUT2D eigenvalue weighted by atomic mass is 32.2. The Kier molecular flexibility index (Phi) is 3.71. The molecule has 0 spiro atoms. The van der Waals surface area contributed by atoms with Crippen LogP contribution in [0.25, 0.3) is 0 Å². The lowest BCUT2D eigenvalue weighted by Crippen LogP contribution is -2.25. The fraction of sp³-hybridized carbons (Fsp3) is 0.333. The number of aromatic nitrogens is 5. The van der Waals surface area contributed by atoms with E-state index in [1.807, 2.05) is 6.92 Å². The van der Waals surface area contributed by atoms with Crippen molar-refractivity contribution in [2.75, 3.05) is 5.73 Å². The van der Waals surface area contributed by atoms with Gasteiger partial charge in [0.15, 0.2) is 0 Å². The molecule has 0 atom stereocenters. The monoisotopic (exact) mass is 283 g/mol. The van der Waals surface area contributed by atoms with Gasteiger partial charge in [-0.25, -0.2) is 23.1 Å². The maximum atomic E-state index is 11.9. The molecule has 2 rings (SSSR count). The largest absolute Gasteiger partial charge is 0.368 e. The average molecular weight is 283 g/mol. The number of nitrogens with zero attached hydrogens (tertiary/aromatic N) is 5. The molecule has 0 aliphatic rings. The zero-order valence-electron chi connectivity index (χ0n) is 10.2. The Morgan fingerprint density at radius 2 is 2.05 bits per heavy atom. The summed E-state index contributed by atoms with van der Waals surface area (Å²) in [6.45, 7) is 2.62. The van der Waals surface area contributed by atoms with Crippen LogP contribution >= 0.6 is 0 Å². The van der Waals surface area contributed by atoms with Crippen LogP contribution in [0.5, 0.6) is 0 Å². The minimum atomic E-state index is -3.69. The minimum Gasteiger partial charge on any atom is -0.368 e. The smallest absolute Gasteiger partial charge is 0.244 e. The van der Waals surface area contributed by atoms with Crippen LogP contribution in [0.1, 0.15) is 12.7 Å². The number of anilines is 1. The molecule has 102 valence electrons. The van der Waals surface area contributed by atoms with Crippen LogP contribution in [0, 0.1) is 0 Å². The van der Waals surface area contributed by atoms with Crippen LogP contribution in [0.4, 0.5) is 5.95 Å². The first-order chi connectivity index (χ1) is 9.03. The third-order valence-corrected chi connectivity index (χ3v) is 3.77. The second-order valence-electron chi connectivity index (χ2n) is 3.63. The molecule has 0 bridgehead atoms. The second-order valence-corrected chi connectivity index (χ2v) is 5.40. The van der Waals surface area contributed by atoms with Gasteiger partial charge in [0.25, 0.3) is 0 Å². The number of aryl methyl sites for hydroxylation is 1. The summed E-state index contributed by atoms with van der Waals surface area (Å²) in [5.74, 6) is 0.548. The van der Waals surface area contributed by atoms with Crippen molar-refractivity contribution in [3.05, 3.63) is 24.5 Å². The third kappa shape index (κ3) is 3.03. The Balaban J connectivity index is 2.12. The molecular weight excluding hydrogens is 270 g/mol. The summed E-state index contributed by atoms with van der Waals surface area (Å²) in [4.78, 5) is 7.23. The molecule has 9 nitrogen and oxygen atoms in total. The van der Waals surface area contributed by atoms with Crippen LogP contribution in [-0.4, -0.2) is 33.2 Å². The standard InChI is InChI=1S/C9H13N7O2S/c1-2-16-6-13-15-8(16)5-14-19(17,18)7-3-11-9(10)12-4-7/h3-4,6,14H,2,5H2,1H3,(H2,10,11,12). The van der Waals surface area contributed by atoms with Crippen LogP contribution in [0.2, 0.25) is 0 Å². The van der Waals surface area contributed by atoms with E-state index < -0.39 is 10.0 Å². The fourth-order valence-corrected chi connectivity index (χ4v) is 2.26. The van der Waals surface area contributed by atoms with Crippen molar-refractivity contribution in [2.24, 2.45) is 0 Å². The van der Waals surface area contributed by atoms with E-state index in [-0.39, 0.29) is 17.4 Å². The molecule has 0 aliphatic heterocycles. The first-order valence-corrected chi connectivity index (χ1v) is 6.95. The van der Waals surface area contributed by atoms with Gasteiger partial charge in [-0.1, -0.05) is 0 Å². The number of nitrogens with two attached hydrogens (primary N) is 1. The molecule has 2 heterocycles. The molecule has 0 saturated carbocycles. The van der Waals surface area contributed by atoms with Crippen molar-refractivity contribution in [1.29, 1.82) is 0 Å². The number of nitrogen functional groups attached to an aromatic ring is 1. The van der Waals surface area contributed by atoms with Crippen LogP contribution in [0.15, 0.2) is 23.6 Å². The predicted octanol–water partition coefficient (Wildman–Crippen LogP) is -0.851. The highest BCUT2D eigenvalue weighted by molar-refractivity contribution is 7.89. The Morgan fingerprint density at radius 3 is 2.68 bits per heavy atom. The van der Waals surface area contributed by atoms with E-state index in [0.29, 0.717) is 12.4 Å². The van der Waals surface area contributed by atoms with E-state index >= 15 is 0 Å². The molecule has 0 fully saturated rings. The number of hydrogen-bond donors (Lipinski definition) is 2. The summed E-state index contributed by atoms with van der Waals surface area (Å²) >= 11 is 0. The van der Waals surface area contributed by atoms with Crippen LogP contribution in [-0.2, 0) is 23.1 Å². The molecule has 0 unspecified atom stereocenters. The fourth-order valence-electron chi connectivity index (χ4n) is 1.39. The lowest BCUT2D eigenvalue weighted by atomic mass is 10.6. The maximum absolute atomic E-state index is 11.9. The number of rotatable bonds is 5. The lowest BCUT2D eigenvalue weighted by Gasteiger charge is -2.06. The average Bonchev–Trinajstić information content (AvgIpc) is 2.84. The number of nitrogens with one attached hydrogen (secondary N) is 1. The third-order valence-electron chi connectivity index (χ3n) is 2.42. The van der Waals surface area contributed by atoms with E-state index in [1.165, 1.54) is 6.33 Å². The quantitative estimate of drug-likeness (QED) is 0.731. The Morgan fingerprint density at radius 1 is 1.37 bits per heavy atom. The molecule has 0 aliphatic carbocycles. The van der Waals surface area contributed by atoms with E-state index in [2.05, 4.69) is 24.9 Å². The SMILES string of the molecule is CCn1cnnc1CNS(=O)(=O)c1cnc(N)nc1. The highest BCUT2D eigenvalue weighted by Gasteiger charge is 2.16. The van der Waals surface area contributed by atoms with E-state index in [0.717, 1.165) is 12.4 Å². The first-order valence-electron chi connectivity index (χ1n) is 5.47. The molecule has 0 aromatic carbocycles. The van der Waals surface area contributed by atoms with Gasteiger partial charge in [-0.2, -0.15) is 0 Å². The molecule has 10 heteroatoms. The molecule has 0 radical (unpaired) electrons. The summed E-state index contributed by atoms with van der Waals surface area (Å²) in [6.07, 6.45) is 3.83. The van der Waals surface area contributed by atoms with Crippen molar-refractivity contribution in [1.82, 2.24) is 29.5 Å². The van der Waals surface area contributed by atoms with Crippen molar-refractivity contribution >= 4 is 16.0 Å². The van der Waals surface area contributed by atoms with E-state index in [1.54, 1.807) is 4.57 Å². The summed E-state index contributed by atoms with van der Waals surface area (Å²) in [7, 11) is -3.69. The van der Waals surface area contributed by atoms with Gasteiger partial charge in [-0.15, -0.1) is 10.2 Å². The number of sulfonamides is 1. The van der Waals surface area contributed by atoms with Crippen LogP contribution in [0.3, 0.4) is 0 Å². The topological polar surface area (TPSA) is 129 Å². The van der Waals surface area contributed by atoms with Crippen molar-refractivity contribution < 1.29 is 8.42 Å². The summed E-state index contributed by atoms with van der Waals surface area (Å²) in [5, 5.41) is 7.55. The maximum Gasteiger partial charge on any atom is 0.244 e. The minimum absolute atomic E-state index is 0.0182. The van der Waals surface area contributed by atoms with Crippen molar-refractivity contribution in [2.45, 2.75) is 24.9 Å². The van der Waals surface area contributed by atoms with Gasteiger partial charge in [-0.3, -0.25) is 0 Å². The molecule has 3 N–H and O–H groups in total. The highest BCUT2D eigenvalue weighted by Crippen LogP contribution is 2.06. The summed E-state index contributed by atoms with van der Waals surface area (Å²) < 4.78 is 28.0. The van der Waals surface area contributed by atoms with Gasteiger partial charge in [0.1, 0.15) is 17.0 Å². The molecular formula is C9H13N7O2S. The zero-order chi connectivity index (χ0) is 13.9. The molecule has 0 saturated heterocycles. The predicted molar refractivity (Wildman–Crippen MR) is 66.2 cm³/mol. The molecule has 19 heavy (non-hydrogen) atoms. The first kappa shape index (κ1) is 13.4. The van der Waals surface area contributed by atoms with Crippen LogP contribution < -0.4 is 10.5 Å². The normalized spacial score (nSPS) is 11.6. The van der Waals surface area contributed by atoms with Gasteiger partial charge in [0.2, 0.25) is 16.0 Å². The van der Waals surface area contributed by atoms with E-state index in [9.17, 15) is 8.42 Å². The van der Waals surface area contributed by atoms with Gasteiger partial charge >= 0.3 is 0 Å². The summed E-state index contributed by atoms with van der Waals surface area (Å²) in [5.41, 5.74) is 5.30. The van der Waals surface area contributed by atoms with E-state index in [4.69, 9.17) is 5.73 Å². The van der Waals surface area contributed by atoms with Gasteiger partial charge in [-0.05, 0) is 6.92 Å². The Hall–Kier alpha value is -2.07. The second kappa shape index (κ2) is 5.28. The molecule has 0 amide bonds. The van der Waals surface area contributed by atoms with Crippen molar-refractivity contribution in [3.8, 4) is 0 Å². The lowest BCUT2D eigenvalue weighted by molar-refractivity contribution is 0.574. The zero-order valence-corrected chi connectivity index (χ0v) is 11.0. The van der Waals surface area contributed by atoms with Gasteiger partial charge in [0.05, 0.1) is 18.9 Å². The molecule has 2 aromatic rings. The molecule has 2 aromatic heterocycles. The summed E-state index contributed by atoms with van der Waals surface area (Å²) in [6, 6.07) is 0. The number of hydrogen-bond acceptors (Lipinski definition) is 7. The Labute approximate surface area is 110 Å².